The van der Waals surface area contributed by atoms with Gasteiger partial charge < -0.3 is 10.1 Å². The summed E-state index contributed by atoms with van der Waals surface area (Å²) in [4.78, 5) is 20.0. The first kappa shape index (κ1) is 22.9. The van der Waals surface area contributed by atoms with E-state index in [1.165, 1.54) is 0 Å². The molecule has 0 aromatic carbocycles. The number of esters is 1. The molecule has 0 aliphatic rings. The largest absolute Gasteiger partial charge is 0.460 e. The van der Waals surface area contributed by atoms with Crippen molar-refractivity contribution < 1.29 is 9.53 Å². The second-order valence-corrected chi connectivity index (χ2v) is 5.41. The summed E-state index contributed by atoms with van der Waals surface area (Å²) in [7, 11) is 1.71. The van der Waals surface area contributed by atoms with Crippen molar-refractivity contribution in [1.82, 2.24) is 15.3 Å². The summed E-state index contributed by atoms with van der Waals surface area (Å²) >= 11 is 11.6. The molecule has 0 aliphatic heterocycles. The molecule has 0 saturated carbocycles. The van der Waals surface area contributed by atoms with E-state index in [0.29, 0.717) is 12.0 Å². The van der Waals surface area contributed by atoms with Crippen molar-refractivity contribution in [1.29, 1.82) is 0 Å². The maximum atomic E-state index is 12.1. The molecule has 2 heterocycles. The van der Waals surface area contributed by atoms with Gasteiger partial charge in [-0.15, -0.1) is 24.8 Å². The molecule has 0 aliphatic carbocycles. The second-order valence-electron chi connectivity index (χ2n) is 4.64. The second kappa shape index (κ2) is 11.4. The van der Waals surface area contributed by atoms with Crippen molar-refractivity contribution in [3.05, 3.63) is 58.1 Å². The minimum absolute atomic E-state index is 0. The number of rotatable bonds is 6. The molecule has 0 bridgehead atoms. The first-order valence-corrected chi connectivity index (χ1v) is 7.39. The van der Waals surface area contributed by atoms with Gasteiger partial charge in [0.1, 0.15) is 23.0 Å². The zero-order valence-corrected chi connectivity index (χ0v) is 15.9. The number of carbonyl (C=O) groups excluding carboxylic acids is 1. The molecule has 0 saturated heterocycles. The molecule has 5 nitrogen and oxygen atoms in total. The van der Waals surface area contributed by atoms with Gasteiger partial charge in [-0.3, -0.25) is 9.78 Å². The third kappa shape index (κ3) is 7.20. The normalized spacial score (nSPS) is 11.0. The molecule has 0 radical (unpaired) electrons. The summed E-state index contributed by atoms with van der Waals surface area (Å²) in [5, 5.41) is 3.47. The first-order valence-electron chi connectivity index (χ1n) is 6.63. The van der Waals surface area contributed by atoms with Crippen LogP contribution in [0.4, 0.5) is 0 Å². The molecule has 0 unspecified atom stereocenters. The van der Waals surface area contributed by atoms with Crippen LogP contribution < -0.4 is 5.32 Å². The van der Waals surface area contributed by atoms with Crippen molar-refractivity contribution in [2.24, 2.45) is 0 Å². The van der Waals surface area contributed by atoms with Crippen LogP contribution in [-0.4, -0.2) is 29.0 Å². The molecule has 1 N–H and O–H groups in total. The van der Waals surface area contributed by atoms with E-state index in [4.69, 9.17) is 27.9 Å². The summed E-state index contributed by atoms with van der Waals surface area (Å²) in [6.45, 7) is 0.0893. The van der Waals surface area contributed by atoms with Gasteiger partial charge in [-0.2, -0.15) is 0 Å². The number of pyridine rings is 2. The van der Waals surface area contributed by atoms with Crippen molar-refractivity contribution >= 4 is 54.0 Å². The molecule has 1 atom stereocenters. The molecule has 0 fully saturated rings. The van der Waals surface area contributed by atoms with Crippen molar-refractivity contribution in [2.75, 3.05) is 7.05 Å². The van der Waals surface area contributed by atoms with Gasteiger partial charge in [-0.25, -0.2) is 4.98 Å². The lowest BCUT2D eigenvalue weighted by Crippen LogP contribution is -2.37. The van der Waals surface area contributed by atoms with Gasteiger partial charge in [0.15, 0.2) is 0 Å². The zero-order valence-electron chi connectivity index (χ0n) is 12.7. The van der Waals surface area contributed by atoms with E-state index in [1.807, 2.05) is 12.1 Å². The third-order valence-electron chi connectivity index (χ3n) is 3.00. The molecule has 0 spiro atoms. The van der Waals surface area contributed by atoms with Crippen LogP contribution in [0.2, 0.25) is 10.3 Å². The first-order chi connectivity index (χ1) is 10.6. The van der Waals surface area contributed by atoms with E-state index in [0.717, 1.165) is 5.56 Å². The molecule has 2 aromatic heterocycles. The molecule has 0 amide bonds. The summed E-state index contributed by atoms with van der Waals surface area (Å²) in [5.74, 6) is -0.351. The number of hydrogen-bond acceptors (Lipinski definition) is 5. The number of aromatic nitrogens is 2. The highest BCUT2D eigenvalue weighted by Crippen LogP contribution is 2.15. The Bertz CT molecular complexity index is 624. The van der Waals surface area contributed by atoms with Crippen LogP contribution in [0.3, 0.4) is 0 Å². The van der Waals surface area contributed by atoms with Crippen LogP contribution in [0.25, 0.3) is 0 Å². The highest BCUT2D eigenvalue weighted by atomic mass is 35.5. The number of likely N-dealkylation sites (N-methyl/N-ethyl adjacent to an activating group) is 1. The predicted octanol–water partition coefficient (Wildman–Crippen LogP) is 3.50. The van der Waals surface area contributed by atoms with Gasteiger partial charge in [0.25, 0.3) is 0 Å². The fourth-order valence-corrected chi connectivity index (χ4v) is 2.42. The lowest BCUT2D eigenvalue weighted by atomic mass is 10.1. The molecule has 9 heteroatoms. The molecular weight excluding hydrogens is 396 g/mol. The standard InChI is InChI=1S/C15H15Cl2N3O2.2ClH/c1-18-12(5-10-3-2-4-19-8-10)15(21)22-9-11-6-13(16)20-14(17)7-11;;/h2-4,6-8,12,18H,5,9H2,1H3;2*1H/t12-;;/m0../s1. The van der Waals surface area contributed by atoms with Crippen LogP contribution in [0, 0.1) is 0 Å². The smallest absolute Gasteiger partial charge is 0.323 e. The maximum Gasteiger partial charge on any atom is 0.323 e. The van der Waals surface area contributed by atoms with Gasteiger partial charge >= 0.3 is 5.97 Å². The van der Waals surface area contributed by atoms with Gasteiger partial charge in [0.2, 0.25) is 0 Å². The number of hydrogen-bond donors (Lipinski definition) is 1. The van der Waals surface area contributed by atoms with Crippen molar-refractivity contribution in [3.8, 4) is 0 Å². The van der Waals surface area contributed by atoms with E-state index < -0.39 is 6.04 Å². The van der Waals surface area contributed by atoms with E-state index in [2.05, 4.69) is 15.3 Å². The van der Waals surface area contributed by atoms with E-state index in [1.54, 1.807) is 31.6 Å². The van der Waals surface area contributed by atoms with Crippen LogP contribution in [0.5, 0.6) is 0 Å². The predicted molar refractivity (Wildman–Crippen MR) is 99.3 cm³/mol. The third-order valence-corrected chi connectivity index (χ3v) is 3.39. The average molecular weight is 413 g/mol. The zero-order chi connectivity index (χ0) is 15.9. The molecule has 24 heavy (non-hydrogen) atoms. The minimum Gasteiger partial charge on any atom is -0.460 e. The van der Waals surface area contributed by atoms with Crippen LogP contribution in [0.1, 0.15) is 11.1 Å². The average Bonchev–Trinajstić information content (AvgIpc) is 2.50. The summed E-state index contributed by atoms with van der Waals surface area (Å²) in [6, 6.07) is 6.50. The van der Waals surface area contributed by atoms with Gasteiger partial charge in [0, 0.05) is 12.4 Å². The summed E-state index contributed by atoms with van der Waals surface area (Å²) in [6.07, 6.45) is 3.91. The lowest BCUT2D eigenvalue weighted by Gasteiger charge is -2.15. The van der Waals surface area contributed by atoms with Gasteiger partial charge in [-0.1, -0.05) is 29.3 Å². The Labute approximate surface area is 162 Å². The number of nitrogens with zero attached hydrogens (tertiary/aromatic N) is 2. The SMILES string of the molecule is CN[C@@H](Cc1cccnc1)C(=O)OCc1cc(Cl)nc(Cl)c1.Cl.Cl. The number of carbonyl (C=O) groups is 1. The Morgan fingerprint density at radius 1 is 1.25 bits per heavy atom. The highest BCUT2D eigenvalue weighted by Gasteiger charge is 2.18. The van der Waals surface area contributed by atoms with Crippen LogP contribution >= 0.6 is 48.0 Å². The number of halogens is 4. The Morgan fingerprint density at radius 2 is 1.92 bits per heavy atom. The molecule has 132 valence electrons. The number of nitrogens with one attached hydrogen (secondary N) is 1. The van der Waals surface area contributed by atoms with Gasteiger partial charge in [0.05, 0.1) is 0 Å². The highest BCUT2D eigenvalue weighted by molar-refractivity contribution is 6.32. The minimum atomic E-state index is -0.447. The topological polar surface area (TPSA) is 64.1 Å². The van der Waals surface area contributed by atoms with Gasteiger partial charge in [-0.05, 0) is 42.8 Å². The van der Waals surface area contributed by atoms with Crippen molar-refractivity contribution in [2.45, 2.75) is 19.1 Å². The maximum absolute atomic E-state index is 12.1. The fourth-order valence-electron chi connectivity index (χ4n) is 1.91. The summed E-state index contributed by atoms with van der Waals surface area (Å²) in [5.41, 5.74) is 1.64. The van der Waals surface area contributed by atoms with Crippen molar-refractivity contribution in [3.63, 3.8) is 0 Å². The molecular formula is C15H17Cl4N3O2. The lowest BCUT2D eigenvalue weighted by molar-refractivity contribution is -0.147. The Morgan fingerprint density at radius 3 is 2.46 bits per heavy atom. The van der Waals surface area contributed by atoms with Crippen LogP contribution in [-0.2, 0) is 22.6 Å². The Kier molecular flexibility index (Phi) is 10.9. The molecule has 2 rings (SSSR count). The van der Waals surface area contributed by atoms with Crippen LogP contribution in [0.15, 0.2) is 36.7 Å². The van der Waals surface area contributed by atoms with E-state index >= 15 is 0 Å². The molecule has 2 aromatic rings. The Balaban J connectivity index is 0.00000264. The fraction of sp³-hybridized carbons (Fsp3) is 0.267. The number of ether oxygens (including phenoxy) is 1. The van der Waals surface area contributed by atoms with E-state index in [9.17, 15) is 4.79 Å². The quantitative estimate of drug-likeness (QED) is 0.581. The van der Waals surface area contributed by atoms with E-state index in [-0.39, 0.29) is 47.7 Å². The monoisotopic (exact) mass is 411 g/mol. The summed E-state index contributed by atoms with van der Waals surface area (Å²) < 4.78 is 5.30. The Hall–Kier alpha value is -1.11.